The molecule has 4 heteroatoms. The SMILES string of the molecule is Nc1nsc(NCC2CCC2)c1C1CC1. The molecular weight excluding hydrogens is 206 g/mol. The van der Waals surface area contributed by atoms with Crippen molar-refractivity contribution in [1.29, 1.82) is 0 Å². The van der Waals surface area contributed by atoms with Gasteiger partial charge in [0.2, 0.25) is 0 Å². The average molecular weight is 223 g/mol. The van der Waals surface area contributed by atoms with Crippen LogP contribution in [-0.4, -0.2) is 10.9 Å². The summed E-state index contributed by atoms with van der Waals surface area (Å²) in [5, 5.41) is 4.77. The molecule has 0 radical (unpaired) electrons. The molecule has 0 amide bonds. The van der Waals surface area contributed by atoms with E-state index in [1.165, 1.54) is 54.2 Å². The van der Waals surface area contributed by atoms with Crippen LogP contribution in [-0.2, 0) is 0 Å². The van der Waals surface area contributed by atoms with Crippen molar-refractivity contribution in [2.24, 2.45) is 5.92 Å². The zero-order chi connectivity index (χ0) is 10.3. The molecular formula is C11H17N3S. The van der Waals surface area contributed by atoms with E-state index in [-0.39, 0.29) is 0 Å². The van der Waals surface area contributed by atoms with Gasteiger partial charge in [-0.25, -0.2) is 0 Å². The van der Waals surface area contributed by atoms with E-state index in [2.05, 4.69) is 9.69 Å². The normalized spacial score (nSPS) is 21.3. The van der Waals surface area contributed by atoms with Gasteiger partial charge in [-0.1, -0.05) is 6.42 Å². The van der Waals surface area contributed by atoms with Crippen molar-refractivity contribution in [2.75, 3.05) is 17.6 Å². The first-order valence-electron chi connectivity index (χ1n) is 5.83. The Hall–Kier alpha value is -0.770. The molecule has 0 bridgehead atoms. The molecule has 2 fully saturated rings. The minimum absolute atomic E-state index is 0.702. The van der Waals surface area contributed by atoms with E-state index in [9.17, 15) is 0 Å². The lowest BCUT2D eigenvalue weighted by Gasteiger charge is -2.25. The minimum Gasteiger partial charge on any atom is -0.383 e. The van der Waals surface area contributed by atoms with Crippen LogP contribution in [0.15, 0.2) is 0 Å². The Morgan fingerprint density at radius 3 is 2.73 bits per heavy atom. The summed E-state index contributed by atoms with van der Waals surface area (Å²) in [5.74, 6) is 2.35. The van der Waals surface area contributed by atoms with Gasteiger partial charge in [-0.05, 0) is 49.1 Å². The van der Waals surface area contributed by atoms with Crippen molar-refractivity contribution in [3.8, 4) is 0 Å². The molecule has 3 nitrogen and oxygen atoms in total. The number of nitrogens with one attached hydrogen (secondary N) is 1. The van der Waals surface area contributed by atoms with Crippen molar-refractivity contribution in [2.45, 2.75) is 38.0 Å². The summed E-state index contributed by atoms with van der Waals surface area (Å²) >= 11 is 1.53. The summed E-state index contributed by atoms with van der Waals surface area (Å²) in [7, 11) is 0. The smallest absolute Gasteiger partial charge is 0.142 e. The molecule has 1 aromatic rings. The molecule has 2 aliphatic carbocycles. The van der Waals surface area contributed by atoms with E-state index < -0.39 is 0 Å². The Morgan fingerprint density at radius 1 is 1.33 bits per heavy atom. The second kappa shape index (κ2) is 3.67. The van der Waals surface area contributed by atoms with Crippen LogP contribution in [0.4, 0.5) is 10.8 Å². The van der Waals surface area contributed by atoms with Crippen molar-refractivity contribution >= 4 is 22.4 Å². The standard InChI is InChI=1S/C11H17N3S/c12-10-9(8-4-5-8)11(15-14-10)13-6-7-2-1-3-7/h7-8,13H,1-6H2,(H2,12,14). The van der Waals surface area contributed by atoms with Crippen LogP contribution in [0, 0.1) is 5.92 Å². The van der Waals surface area contributed by atoms with Crippen molar-refractivity contribution in [3.63, 3.8) is 0 Å². The summed E-state index contributed by atoms with van der Waals surface area (Å²) in [6.45, 7) is 1.11. The van der Waals surface area contributed by atoms with Gasteiger partial charge in [0.1, 0.15) is 10.8 Å². The zero-order valence-electron chi connectivity index (χ0n) is 8.83. The number of nitrogen functional groups attached to an aromatic ring is 1. The molecule has 0 unspecified atom stereocenters. The third-order valence-electron chi connectivity index (χ3n) is 3.52. The highest BCUT2D eigenvalue weighted by molar-refractivity contribution is 7.10. The van der Waals surface area contributed by atoms with Crippen molar-refractivity contribution in [3.05, 3.63) is 5.56 Å². The predicted molar refractivity (Wildman–Crippen MR) is 64.3 cm³/mol. The van der Waals surface area contributed by atoms with Crippen LogP contribution >= 0.6 is 11.5 Å². The Kier molecular flexibility index (Phi) is 2.31. The lowest BCUT2D eigenvalue weighted by atomic mass is 9.85. The van der Waals surface area contributed by atoms with Crippen LogP contribution in [0.5, 0.6) is 0 Å². The maximum atomic E-state index is 5.89. The number of nitrogens with two attached hydrogens (primary N) is 1. The molecule has 2 saturated carbocycles. The van der Waals surface area contributed by atoms with Gasteiger partial charge in [0.15, 0.2) is 0 Å². The first-order valence-corrected chi connectivity index (χ1v) is 6.61. The van der Waals surface area contributed by atoms with Gasteiger partial charge in [-0.15, -0.1) is 0 Å². The fourth-order valence-electron chi connectivity index (χ4n) is 2.14. The number of anilines is 2. The molecule has 15 heavy (non-hydrogen) atoms. The molecule has 82 valence electrons. The molecule has 2 aliphatic rings. The van der Waals surface area contributed by atoms with Gasteiger partial charge in [0.05, 0.1) is 0 Å². The maximum Gasteiger partial charge on any atom is 0.142 e. The van der Waals surface area contributed by atoms with Crippen LogP contribution < -0.4 is 11.1 Å². The molecule has 0 atom stereocenters. The molecule has 0 spiro atoms. The van der Waals surface area contributed by atoms with E-state index in [4.69, 9.17) is 5.73 Å². The number of rotatable bonds is 4. The molecule has 0 saturated heterocycles. The summed E-state index contributed by atoms with van der Waals surface area (Å²) in [5.41, 5.74) is 7.20. The fourth-order valence-corrected chi connectivity index (χ4v) is 2.94. The second-order valence-electron chi connectivity index (χ2n) is 4.76. The monoisotopic (exact) mass is 223 g/mol. The quantitative estimate of drug-likeness (QED) is 0.825. The number of nitrogens with zero attached hydrogens (tertiary/aromatic N) is 1. The fraction of sp³-hybridized carbons (Fsp3) is 0.727. The third-order valence-corrected chi connectivity index (χ3v) is 4.35. The van der Waals surface area contributed by atoms with Crippen LogP contribution in [0.1, 0.15) is 43.6 Å². The van der Waals surface area contributed by atoms with Gasteiger partial charge in [-0.3, -0.25) is 0 Å². The molecule has 1 heterocycles. The van der Waals surface area contributed by atoms with E-state index in [0.29, 0.717) is 5.92 Å². The lowest BCUT2D eigenvalue weighted by Crippen LogP contribution is -2.20. The highest BCUT2D eigenvalue weighted by atomic mass is 32.1. The van der Waals surface area contributed by atoms with E-state index in [1.807, 2.05) is 0 Å². The topological polar surface area (TPSA) is 50.9 Å². The average Bonchev–Trinajstić information content (AvgIpc) is 2.90. The van der Waals surface area contributed by atoms with Crippen LogP contribution in [0.25, 0.3) is 0 Å². The summed E-state index contributed by atoms with van der Waals surface area (Å²) in [6, 6.07) is 0. The van der Waals surface area contributed by atoms with E-state index in [1.54, 1.807) is 0 Å². The van der Waals surface area contributed by atoms with Gasteiger partial charge >= 0.3 is 0 Å². The van der Waals surface area contributed by atoms with Crippen molar-refractivity contribution < 1.29 is 0 Å². The minimum atomic E-state index is 0.702. The maximum absolute atomic E-state index is 5.89. The summed E-state index contributed by atoms with van der Waals surface area (Å²) in [4.78, 5) is 0. The van der Waals surface area contributed by atoms with Gasteiger partial charge in [0.25, 0.3) is 0 Å². The first-order chi connectivity index (χ1) is 7.34. The first kappa shape index (κ1) is 9.46. The third kappa shape index (κ3) is 1.83. The Balaban J connectivity index is 1.67. The molecule has 1 aromatic heterocycles. The highest BCUT2D eigenvalue weighted by Crippen LogP contribution is 2.47. The number of hydrogen-bond donors (Lipinski definition) is 2. The van der Waals surface area contributed by atoms with Gasteiger partial charge in [-0.2, -0.15) is 4.37 Å². The second-order valence-corrected chi connectivity index (χ2v) is 5.54. The molecule has 3 rings (SSSR count). The predicted octanol–water partition coefficient (Wildman–Crippen LogP) is 2.81. The van der Waals surface area contributed by atoms with Gasteiger partial charge in [0, 0.05) is 12.1 Å². The van der Waals surface area contributed by atoms with Crippen molar-refractivity contribution in [1.82, 2.24) is 4.37 Å². The Labute approximate surface area is 94.2 Å². The van der Waals surface area contributed by atoms with Gasteiger partial charge < -0.3 is 11.1 Å². The largest absolute Gasteiger partial charge is 0.383 e. The summed E-state index contributed by atoms with van der Waals surface area (Å²) < 4.78 is 4.26. The Bertz CT molecular complexity index is 353. The summed E-state index contributed by atoms with van der Waals surface area (Å²) in [6.07, 6.45) is 6.77. The van der Waals surface area contributed by atoms with E-state index in [0.717, 1.165) is 18.3 Å². The van der Waals surface area contributed by atoms with Crippen LogP contribution in [0.2, 0.25) is 0 Å². The zero-order valence-corrected chi connectivity index (χ0v) is 9.65. The number of aromatic nitrogens is 1. The van der Waals surface area contributed by atoms with E-state index >= 15 is 0 Å². The molecule has 0 aliphatic heterocycles. The number of hydrogen-bond acceptors (Lipinski definition) is 4. The lowest BCUT2D eigenvalue weighted by molar-refractivity contribution is 0.333. The van der Waals surface area contributed by atoms with Crippen LogP contribution in [0.3, 0.4) is 0 Å². The molecule has 3 N–H and O–H groups in total. The molecule has 0 aromatic carbocycles. The Morgan fingerprint density at radius 2 is 2.13 bits per heavy atom. The highest BCUT2D eigenvalue weighted by Gasteiger charge is 2.30.